The summed E-state index contributed by atoms with van der Waals surface area (Å²) in [6.45, 7) is 0. The van der Waals surface area contributed by atoms with Crippen LogP contribution in [0.2, 0.25) is 0 Å². The molecule has 0 aliphatic rings. The van der Waals surface area contributed by atoms with Crippen molar-refractivity contribution in [3.63, 3.8) is 0 Å². The quantitative estimate of drug-likeness (QED) is 0.388. The van der Waals surface area contributed by atoms with Gasteiger partial charge in [-0.05, 0) is 22.2 Å². The minimum Gasteiger partial charge on any atom is -0.337 e. The summed E-state index contributed by atoms with van der Waals surface area (Å²) in [5.74, 6) is 0.910. The molecule has 1 N–H and O–H groups in total. The molecule has 0 radical (unpaired) electrons. The SMILES string of the molecule is c1ccc(-c2[nH]c(-c3ccsc3)nc2-c2cccc3ccccc23)cc1. The summed E-state index contributed by atoms with van der Waals surface area (Å²) < 4.78 is 0. The standard InChI is InChI=1S/C23H16N2S/c1-2-8-17(9-3-1)21-22(25-23(24-21)18-13-14-26-15-18)20-12-6-10-16-7-4-5-11-19(16)20/h1-15H,(H,24,25). The lowest BCUT2D eigenvalue weighted by molar-refractivity contribution is 1.32. The first-order valence-electron chi connectivity index (χ1n) is 8.56. The van der Waals surface area contributed by atoms with E-state index in [9.17, 15) is 0 Å². The highest BCUT2D eigenvalue weighted by Gasteiger charge is 2.17. The minimum atomic E-state index is 0.910. The summed E-state index contributed by atoms with van der Waals surface area (Å²) >= 11 is 1.68. The van der Waals surface area contributed by atoms with Gasteiger partial charge in [-0.15, -0.1) is 0 Å². The van der Waals surface area contributed by atoms with Crippen molar-refractivity contribution in [1.29, 1.82) is 0 Å². The zero-order chi connectivity index (χ0) is 17.3. The van der Waals surface area contributed by atoms with Crippen LogP contribution in [-0.2, 0) is 0 Å². The van der Waals surface area contributed by atoms with E-state index >= 15 is 0 Å². The van der Waals surface area contributed by atoms with Crippen molar-refractivity contribution in [2.24, 2.45) is 0 Å². The third-order valence-corrected chi connectivity index (χ3v) is 5.29. The van der Waals surface area contributed by atoms with Crippen LogP contribution in [-0.4, -0.2) is 9.97 Å². The van der Waals surface area contributed by atoms with Crippen molar-refractivity contribution < 1.29 is 0 Å². The van der Waals surface area contributed by atoms with Gasteiger partial charge in [0.2, 0.25) is 0 Å². The third-order valence-electron chi connectivity index (χ3n) is 4.61. The number of H-pyrrole nitrogens is 1. The zero-order valence-electron chi connectivity index (χ0n) is 14.0. The molecule has 0 amide bonds. The second kappa shape index (κ2) is 6.28. The summed E-state index contributed by atoms with van der Waals surface area (Å²) in [5, 5.41) is 6.65. The molecular formula is C23H16N2S. The molecule has 2 heterocycles. The molecule has 5 rings (SSSR count). The van der Waals surface area contributed by atoms with Gasteiger partial charge >= 0.3 is 0 Å². The highest BCUT2D eigenvalue weighted by molar-refractivity contribution is 7.08. The fraction of sp³-hybridized carbons (Fsp3) is 0. The van der Waals surface area contributed by atoms with Gasteiger partial charge in [0, 0.05) is 22.1 Å². The molecule has 3 aromatic carbocycles. The van der Waals surface area contributed by atoms with E-state index in [4.69, 9.17) is 4.98 Å². The first-order chi connectivity index (χ1) is 12.9. The van der Waals surface area contributed by atoms with E-state index in [0.717, 1.165) is 33.9 Å². The normalized spacial score (nSPS) is 11.1. The van der Waals surface area contributed by atoms with Crippen molar-refractivity contribution in [2.75, 3.05) is 0 Å². The van der Waals surface area contributed by atoms with Gasteiger partial charge in [0.25, 0.3) is 0 Å². The van der Waals surface area contributed by atoms with Crippen LogP contribution in [0.1, 0.15) is 0 Å². The number of aromatic amines is 1. The van der Waals surface area contributed by atoms with Crippen LogP contribution in [0.5, 0.6) is 0 Å². The van der Waals surface area contributed by atoms with E-state index in [1.165, 1.54) is 10.8 Å². The number of fused-ring (bicyclic) bond motifs is 1. The van der Waals surface area contributed by atoms with Crippen LogP contribution in [0.25, 0.3) is 44.7 Å². The topological polar surface area (TPSA) is 28.7 Å². The fourth-order valence-corrected chi connectivity index (χ4v) is 3.99. The Labute approximate surface area is 155 Å². The molecular weight excluding hydrogens is 336 g/mol. The number of benzene rings is 3. The van der Waals surface area contributed by atoms with Gasteiger partial charge in [-0.1, -0.05) is 72.8 Å². The first kappa shape index (κ1) is 15.1. The lowest BCUT2D eigenvalue weighted by Crippen LogP contribution is -1.85. The van der Waals surface area contributed by atoms with Crippen molar-refractivity contribution in [2.45, 2.75) is 0 Å². The smallest absolute Gasteiger partial charge is 0.139 e. The predicted octanol–water partition coefficient (Wildman–Crippen LogP) is 6.63. The number of rotatable bonds is 3. The molecule has 0 bridgehead atoms. The van der Waals surface area contributed by atoms with Crippen LogP contribution in [0.4, 0.5) is 0 Å². The maximum Gasteiger partial charge on any atom is 0.139 e. The number of thiophene rings is 1. The number of hydrogen-bond acceptors (Lipinski definition) is 2. The molecule has 5 aromatic rings. The second-order valence-corrected chi connectivity index (χ2v) is 6.99. The van der Waals surface area contributed by atoms with Gasteiger partial charge in [-0.25, -0.2) is 4.98 Å². The second-order valence-electron chi connectivity index (χ2n) is 6.21. The summed E-state index contributed by atoms with van der Waals surface area (Å²) in [7, 11) is 0. The van der Waals surface area contributed by atoms with Crippen LogP contribution >= 0.6 is 11.3 Å². The van der Waals surface area contributed by atoms with Crippen molar-refractivity contribution in [3.05, 3.63) is 89.6 Å². The van der Waals surface area contributed by atoms with Crippen molar-refractivity contribution in [1.82, 2.24) is 9.97 Å². The Hall–Kier alpha value is -3.17. The average molecular weight is 352 g/mol. The molecule has 0 aliphatic carbocycles. The Morgan fingerprint density at radius 1 is 0.731 bits per heavy atom. The number of imidazole rings is 1. The van der Waals surface area contributed by atoms with Gasteiger partial charge in [0.15, 0.2) is 0 Å². The van der Waals surface area contributed by atoms with E-state index in [2.05, 4.69) is 88.5 Å². The Morgan fingerprint density at radius 2 is 1.54 bits per heavy atom. The minimum absolute atomic E-state index is 0.910. The lowest BCUT2D eigenvalue weighted by Gasteiger charge is -2.07. The summed E-state index contributed by atoms with van der Waals surface area (Å²) in [4.78, 5) is 8.56. The molecule has 3 heteroatoms. The molecule has 2 nitrogen and oxygen atoms in total. The highest BCUT2D eigenvalue weighted by Crippen LogP contribution is 2.36. The molecule has 0 aliphatic heterocycles. The Morgan fingerprint density at radius 3 is 2.38 bits per heavy atom. The van der Waals surface area contributed by atoms with E-state index in [-0.39, 0.29) is 0 Å². The van der Waals surface area contributed by atoms with Gasteiger partial charge in [-0.2, -0.15) is 11.3 Å². The molecule has 26 heavy (non-hydrogen) atoms. The van der Waals surface area contributed by atoms with Crippen LogP contribution < -0.4 is 0 Å². The first-order valence-corrected chi connectivity index (χ1v) is 9.50. The molecule has 0 spiro atoms. The highest BCUT2D eigenvalue weighted by atomic mass is 32.1. The molecule has 0 unspecified atom stereocenters. The van der Waals surface area contributed by atoms with E-state index < -0.39 is 0 Å². The maximum absolute atomic E-state index is 5.00. The fourth-order valence-electron chi connectivity index (χ4n) is 3.35. The van der Waals surface area contributed by atoms with E-state index in [1.54, 1.807) is 11.3 Å². The number of hydrogen-bond donors (Lipinski definition) is 1. The van der Waals surface area contributed by atoms with E-state index in [0.29, 0.717) is 0 Å². The van der Waals surface area contributed by atoms with Gasteiger partial charge in [0.05, 0.1) is 11.4 Å². The Bertz CT molecular complexity index is 1170. The van der Waals surface area contributed by atoms with Gasteiger partial charge < -0.3 is 4.98 Å². The Balaban J connectivity index is 1.80. The predicted molar refractivity (Wildman–Crippen MR) is 110 cm³/mol. The van der Waals surface area contributed by atoms with Crippen molar-refractivity contribution >= 4 is 22.1 Å². The van der Waals surface area contributed by atoms with Crippen LogP contribution in [0, 0.1) is 0 Å². The number of nitrogens with one attached hydrogen (secondary N) is 1. The summed E-state index contributed by atoms with van der Waals surface area (Å²) in [5.41, 5.74) is 5.47. The zero-order valence-corrected chi connectivity index (χ0v) is 14.8. The Kier molecular flexibility index (Phi) is 3.65. The largest absolute Gasteiger partial charge is 0.337 e. The molecule has 2 aromatic heterocycles. The molecule has 124 valence electrons. The molecule has 0 atom stereocenters. The third kappa shape index (κ3) is 2.54. The molecule has 0 saturated carbocycles. The molecule has 0 saturated heterocycles. The lowest BCUT2D eigenvalue weighted by atomic mass is 9.99. The summed E-state index contributed by atoms with van der Waals surface area (Å²) in [6, 6.07) is 27.4. The van der Waals surface area contributed by atoms with Gasteiger partial charge in [-0.3, -0.25) is 0 Å². The van der Waals surface area contributed by atoms with Crippen LogP contribution in [0.15, 0.2) is 89.6 Å². The number of aromatic nitrogens is 2. The summed E-state index contributed by atoms with van der Waals surface area (Å²) in [6.07, 6.45) is 0. The molecule has 0 fully saturated rings. The maximum atomic E-state index is 5.00. The van der Waals surface area contributed by atoms with Crippen LogP contribution in [0.3, 0.4) is 0 Å². The number of nitrogens with zero attached hydrogens (tertiary/aromatic N) is 1. The van der Waals surface area contributed by atoms with E-state index in [1.807, 2.05) is 6.07 Å². The monoisotopic (exact) mass is 352 g/mol. The average Bonchev–Trinajstić information content (AvgIpc) is 3.38. The van der Waals surface area contributed by atoms with Gasteiger partial charge in [0.1, 0.15) is 5.82 Å². The van der Waals surface area contributed by atoms with Crippen molar-refractivity contribution in [3.8, 4) is 33.9 Å².